The number of aryl methyl sites for hydroxylation is 1. The summed E-state index contributed by atoms with van der Waals surface area (Å²) in [6.45, 7) is 0. The van der Waals surface area contributed by atoms with Crippen molar-refractivity contribution >= 4 is 28.6 Å². The van der Waals surface area contributed by atoms with Gasteiger partial charge >= 0.3 is 5.97 Å². The third kappa shape index (κ3) is 2.83. The van der Waals surface area contributed by atoms with Crippen LogP contribution in [0.15, 0.2) is 42.5 Å². The molecular formula is C17H15NO4. The van der Waals surface area contributed by atoms with Crippen molar-refractivity contribution in [1.82, 2.24) is 5.06 Å². The van der Waals surface area contributed by atoms with Gasteiger partial charge in [-0.2, -0.15) is 0 Å². The maximum absolute atomic E-state index is 11.8. The summed E-state index contributed by atoms with van der Waals surface area (Å²) in [5.74, 6) is -1.48. The van der Waals surface area contributed by atoms with Crippen LogP contribution in [0.5, 0.6) is 0 Å². The highest BCUT2D eigenvalue weighted by molar-refractivity contribution is 6.01. The molecule has 0 atom stereocenters. The second kappa shape index (κ2) is 5.97. The minimum Gasteiger partial charge on any atom is -0.330 e. The molecule has 22 heavy (non-hydrogen) atoms. The van der Waals surface area contributed by atoms with Gasteiger partial charge in [-0.1, -0.05) is 42.5 Å². The summed E-state index contributed by atoms with van der Waals surface area (Å²) in [4.78, 5) is 39.5. The molecule has 0 bridgehead atoms. The maximum atomic E-state index is 11.8. The largest absolute Gasteiger partial charge is 0.333 e. The molecule has 0 spiro atoms. The Bertz CT molecular complexity index is 732. The van der Waals surface area contributed by atoms with E-state index >= 15 is 0 Å². The molecule has 0 saturated carbocycles. The topological polar surface area (TPSA) is 63.7 Å². The quantitative estimate of drug-likeness (QED) is 0.813. The fourth-order valence-electron chi connectivity index (χ4n) is 2.55. The lowest BCUT2D eigenvalue weighted by molar-refractivity contribution is -0.197. The average Bonchev–Trinajstić information content (AvgIpc) is 2.85. The van der Waals surface area contributed by atoms with E-state index < -0.39 is 17.8 Å². The third-order valence-electron chi connectivity index (χ3n) is 3.68. The summed E-state index contributed by atoms with van der Waals surface area (Å²) in [6.07, 6.45) is 0.826. The zero-order valence-electron chi connectivity index (χ0n) is 12.0. The normalized spacial score (nSPS) is 14.6. The molecule has 1 fully saturated rings. The SMILES string of the molecule is O=C(CCc1cccc2ccccc12)ON1C(=O)CCC1=O. The van der Waals surface area contributed by atoms with Crippen molar-refractivity contribution in [3.05, 3.63) is 48.0 Å². The smallest absolute Gasteiger partial charge is 0.330 e. The Balaban J connectivity index is 1.65. The first-order chi connectivity index (χ1) is 10.6. The molecule has 2 aromatic carbocycles. The Morgan fingerprint density at radius 3 is 2.45 bits per heavy atom. The van der Waals surface area contributed by atoms with Crippen LogP contribution >= 0.6 is 0 Å². The lowest BCUT2D eigenvalue weighted by atomic mass is 10.0. The number of nitrogens with zero attached hydrogens (tertiary/aromatic N) is 1. The molecule has 0 radical (unpaired) electrons. The third-order valence-corrected chi connectivity index (χ3v) is 3.68. The van der Waals surface area contributed by atoms with Gasteiger partial charge in [0.25, 0.3) is 11.8 Å². The molecule has 5 heteroatoms. The fraction of sp³-hybridized carbons (Fsp3) is 0.235. The van der Waals surface area contributed by atoms with Gasteiger partial charge in [0.1, 0.15) is 0 Å². The van der Waals surface area contributed by atoms with Crippen LogP contribution in [0, 0.1) is 0 Å². The minimum atomic E-state index is -0.573. The molecule has 2 aromatic rings. The minimum absolute atomic E-state index is 0.107. The summed E-state index contributed by atoms with van der Waals surface area (Å²) in [5.41, 5.74) is 1.04. The highest BCUT2D eigenvalue weighted by atomic mass is 16.7. The zero-order chi connectivity index (χ0) is 15.5. The first kappa shape index (κ1) is 14.3. The molecule has 112 valence electrons. The van der Waals surface area contributed by atoms with E-state index in [1.165, 1.54) is 0 Å². The van der Waals surface area contributed by atoms with Crippen molar-refractivity contribution in [2.45, 2.75) is 25.7 Å². The van der Waals surface area contributed by atoms with Gasteiger partial charge in [0.2, 0.25) is 0 Å². The maximum Gasteiger partial charge on any atom is 0.333 e. The van der Waals surface area contributed by atoms with Gasteiger partial charge in [-0.15, -0.1) is 5.06 Å². The predicted molar refractivity (Wildman–Crippen MR) is 79.4 cm³/mol. The van der Waals surface area contributed by atoms with Gasteiger partial charge in [0.15, 0.2) is 0 Å². The summed E-state index contributed by atoms with van der Waals surface area (Å²) in [6, 6.07) is 13.8. The van der Waals surface area contributed by atoms with Crippen LogP contribution in [0.25, 0.3) is 10.8 Å². The highest BCUT2D eigenvalue weighted by Crippen LogP contribution is 2.20. The Morgan fingerprint density at radius 2 is 1.68 bits per heavy atom. The monoisotopic (exact) mass is 297 g/mol. The van der Waals surface area contributed by atoms with Gasteiger partial charge in [-0.05, 0) is 22.8 Å². The molecule has 2 amide bonds. The molecule has 3 rings (SSSR count). The van der Waals surface area contributed by atoms with Crippen molar-refractivity contribution in [2.75, 3.05) is 0 Å². The molecular weight excluding hydrogens is 282 g/mol. The van der Waals surface area contributed by atoms with Crippen molar-refractivity contribution in [2.24, 2.45) is 0 Å². The number of amides is 2. The summed E-state index contributed by atoms with van der Waals surface area (Å²) < 4.78 is 0. The van der Waals surface area contributed by atoms with Gasteiger partial charge in [-0.3, -0.25) is 9.59 Å². The molecule has 1 saturated heterocycles. The van der Waals surface area contributed by atoms with E-state index in [4.69, 9.17) is 4.84 Å². The highest BCUT2D eigenvalue weighted by Gasteiger charge is 2.32. The van der Waals surface area contributed by atoms with E-state index in [-0.39, 0.29) is 19.3 Å². The van der Waals surface area contributed by atoms with Gasteiger partial charge in [-0.25, -0.2) is 4.79 Å². The Hall–Kier alpha value is -2.69. The van der Waals surface area contributed by atoms with Crippen molar-refractivity contribution < 1.29 is 19.2 Å². The number of rotatable bonds is 4. The molecule has 0 aliphatic carbocycles. The molecule has 0 unspecified atom stereocenters. The zero-order valence-corrected chi connectivity index (χ0v) is 12.0. The van der Waals surface area contributed by atoms with Crippen LogP contribution in [0.3, 0.4) is 0 Å². The summed E-state index contributed by atoms with van der Waals surface area (Å²) in [5, 5.41) is 2.79. The lowest BCUT2D eigenvalue weighted by Crippen LogP contribution is -2.32. The number of benzene rings is 2. The van der Waals surface area contributed by atoms with Crippen LogP contribution in [-0.4, -0.2) is 22.8 Å². The summed E-state index contributed by atoms with van der Waals surface area (Å²) in [7, 11) is 0. The number of hydrogen-bond acceptors (Lipinski definition) is 4. The standard InChI is InChI=1S/C17H15NO4/c19-15-9-10-16(20)18(15)22-17(21)11-8-13-6-3-5-12-4-1-2-7-14(12)13/h1-7H,8-11H2. The molecule has 1 heterocycles. The van der Waals surface area contributed by atoms with Crippen molar-refractivity contribution in [3.8, 4) is 0 Å². The van der Waals surface area contributed by atoms with Gasteiger partial charge < -0.3 is 4.84 Å². The number of imide groups is 1. The lowest BCUT2D eigenvalue weighted by Gasteiger charge is -2.12. The first-order valence-electron chi connectivity index (χ1n) is 7.18. The molecule has 0 aromatic heterocycles. The van der Waals surface area contributed by atoms with Crippen LogP contribution in [0.2, 0.25) is 0 Å². The second-order valence-electron chi connectivity index (χ2n) is 5.18. The van der Waals surface area contributed by atoms with Gasteiger partial charge in [0.05, 0.1) is 6.42 Å². The molecule has 1 aliphatic heterocycles. The Labute approximate surface area is 127 Å². The molecule has 5 nitrogen and oxygen atoms in total. The van der Waals surface area contributed by atoms with Crippen LogP contribution in [0.1, 0.15) is 24.8 Å². The van der Waals surface area contributed by atoms with E-state index in [2.05, 4.69) is 0 Å². The number of hydroxylamine groups is 2. The van der Waals surface area contributed by atoms with Gasteiger partial charge in [0, 0.05) is 12.8 Å². The van der Waals surface area contributed by atoms with Crippen LogP contribution in [0.4, 0.5) is 0 Å². The van der Waals surface area contributed by atoms with E-state index in [0.29, 0.717) is 11.5 Å². The van der Waals surface area contributed by atoms with Crippen molar-refractivity contribution in [1.29, 1.82) is 0 Å². The molecule has 1 aliphatic rings. The van der Waals surface area contributed by atoms with E-state index in [9.17, 15) is 14.4 Å². The number of fused-ring (bicyclic) bond motifs is 1. The number of carbonyl (C=O) groups excluding carboxylic acids is 3. The number of carbonyl (C=O) groups is 3. The second-order valence-corrected chi connectivity index (χ2v) is 5.18. The first-order valence-corrected chi connectivity index (χ1v) is 7.18. The van der Waals surface area contributed by atoms with E-state index in [1.807, 2.05) is 42.5 Å². The molecule has 0 N–H and O–H groups in total. The fourth-order valence-corrected chi connectivity index (χ4v) is 2.55. The average molecular weight is 297 g/mol. The number of hydrogen-bond donors (Lipinski definition) is 0. The predicted octanol–water partition coefficient (Wildman–Crippen LogP) is 2.38. The summed E-state index contributed by atoms with van der Waals surface area (Å²) >= 11 is 0. The van der Waals surface area contributed by atoms with Crippen molar-refractivity contribution in [3.63, 3.8) is 0 Å². The van der Waals surface area contributed by atoms with Crippen LogP contribution < -0.4 is 0 Å². The van der Waals surface area contributed by atoms with E-state index in [0.717, 1.165) is 16.3 Å². The Kier molecular flexibility index (Phi) is 3.87. The Morgan fingerprint density at radius 1 is 1.00 bits per heavy atom. The van der Waals surface area contributed by atoms with E-state index in [1.54, 1.807) is 0 Å². The van der Waals surface area contributed by atoms with Crippen LogP contribution in [-0.2, 0) is 25.6 Å².